The lowest BCUT2D eigenvalue weighted by Crippen LogP contribution is -2.66. The number of nitrogens with two attached hydrogens (primary N) is 1. The lowest BCUT2D eigenvalue weighted by Gasteiger charge is -2.45. The van der Waals surface area contributed by atoms with E-state index in [0.29, 0.717) is 5.56 Å². The molecular formula is C17H26N2O12S2. The maximum absolute atomic E-state index is 11.8. The number of hydrogen-bond donors (Lipinski definition) is 4. The molecule has 5 N–H and O–H groups in total. The highest BCUT2D eigenvalue weighted by Crippen LogP contribution is 2.29. The van der Waals surface area contributed by atoms with Gasteiger partial charge in [-0.2, -0.15) is 16.8 Å². The smallest absolute Gasteiger partial charge is 0.368 e. The third-order valence-electron chi connectivity index (χ3n) is 4.32. The molecule has 0 bridgehead atoms. The minimum atomic E-state index is -5.09. The first-order valence-electron chi connectivity index (χ1n) is 9.57. The van der Waals surface area contributed by atoms with Gasteiger partial charge in [0.2, 0.25) is 5.91 Å². The Kier molecular flexibility index (Phi) is 10.1. The highest BCUT2D eigenvalue weighted by Gasteiger charge is 2.50. The van der Waals surface area contributed by atoms with Gasteiger partial charge in [-0.25, -0.2) is 8.37 Å². The quantitative estimate of drug-likeness (QED) is 0.241. The summed E-state index contributed by atoms with van der Waals surface area (Å²) in [5, 5.41) is 2.42. The van der Waals surface area contributed by atoms with Gasteiger partial charge in [-0.05, 0) is 5.56 Å². The van der Waals surface area contributed by atoms with Crippen LogP contribution in [0, 0.1) is 0 Å². The van der Waals surface area contributed by atoms with Crippen LogP contribution >= 0.6 is 0 Å². The SMILES string of the molecule is CC(=O)N[C@H]1[C@@H](OCCN)O[C@H](COS(=O)(=O)O)[C@@H](OCc2ccccc2)[C@@H]1OS(=O)(=O)O. The van der Waals surface area contributed by atoms with Crippen LogP contribution in [-0.2, 0) is 54.8 Å². The zero-order valence-electron chi connectivity index (χ0n) is 17.5. The maximum atomic E-state index is 11.8. The molecule has 5 atom stereocenters. The topological polar surface area (TPSA) is 210 Å². The minimum Gasteiger partial charge on any atom is -0.368 e. The number of carbonyl (C=O) groups is 1. The molecule has 188 valence electrons. The van der Waals surface area contributed by atoms with Gasteiger partial charge >= 0.3 is 20.8 Å². The van der Waals surface area contributed by atoms with Gasteiger partial charge in [0.25, 0.3) is 0 Å². The van der Waals surface area contributed by atoms with Crippen LogP contribution in [0.3, 0.4) is 0 Å². The summed E-state index contributed by atoms with van der Waals surface area (Å²) in [6, 6.07) is 7.26. The van der Waals surface area contributed by atoms with E-state index in [1.54, 1.807) is 30.3 Å². The fourth-order valence-electron chi connectivity index (χ4n) is 3.13. The lowest BCUT2D eigenvalue weighted by atomic mass is 9.96. The van der Waals surface area contributed by atoms with Gasteiger partial charge in [-0.15, -0.1) is 0 Å². The summed E-state index contributed by atoms with van der Waals surface area (Å²) < 4.78 is 89.7. The fraction of sp³-hybridized carbons (Fsp3) is 0.588. The second-order valence-corrected chi connectivity index (χ2v) is 9.03. The highest BCUT2D eigenvalue weighted by atomic mass is 32.3. The molecule has 0 aliphatic carbocycles. The summed E-state index contributed by atoms with van der Waals surface area (Å²) in [6.45, 7) is 0.109. The minimum absolute atomic E-state index is 0.0244. The van der Waals surface area contributed by atoms with Crippen LogP contribution in [0.25, 0.3) is 0 Å². The molecule has 33 heavy (non-hydrogen) atoms. The van der Waals surface area contributed by atoms with Crippen molar-refractivity contribution in [1.29, 1.82) is 0 Å². The second kappa shape index (κ2) is 12.1. The number of nitrogens with one attached hydrogen (secondary N) is 1. The van der Waals surface area contributed by atoms with E-state index in [2.05, 4.69) is 9.50 Å². The molecule has 1 amide bonds. The van der Waals surface area contributed by atoms with Crippen molar-refractivity contribution in [3.8, 4) is 0 Å². The van der Waals surface area contributed by atoms with Crippen molar-refractivity contribution in [3.63, 3.8) is 0 Å². The first-order chi connectivity index (χ1) is 15.4. The van der Waals surface area contributed by atoms with E-state index in [1.165, 1.54) is 0 Å². The van der Waals surface area contributed by atoms with Crippen LogP contribution in [0.2, 0.25) is 0 Å². The summed E-state index contributed by atoms with van der Waals surface area (Å²) in [4.78, 5) is 11.8. The van der Waals surface area contributed by atoms with Crippen molar-refractivity contribution in [2.75, 3.05) is 19.8 Å². The Morgan fingerprint density at radius 3 is 2.30 bits per heavy atom. The Balaban J connectivity index is 2.43. The Hall–Kier alpha value is -1.73. The van der Waals surface area contributed by atoms with Crippen molar-refractivity contribution in [3.05, 3.63) is 35.9 Å². The van der Waals surface area contributed by atoms with Gasteiger partial charge in [0.15, 0.2) is 6.29 Å². The van der Waals surface area contributed by atoms with E-state index in [9.17, 15) is 26.2 Å². The maximum Gasteiger partial charge on any atom is 0.397 e. The zero-order chi connectivity index (χ0) is 24.6. The van der Waals surface area contributed by atoms with Crippen LogP contribution in [0.5, 0.6) is 0 Å². The first kappa shape index (κ1) is 27.5. The molecule has 1 fully saturated rings. The Bertz CT molecular complexity index is 973. The summed E-state index contributed by atoms with van der Waals surface area (Å²) in [7, 11) is -10.0. The molecule has 0 radical (unpaired) electrons. The van der Waals surface area contributed by atoms with E-state index in [0.717, 1.165) is 6.92 Å². The number of amides is 1. The summed E-state index contributed by atoms with van der Waals surface area (Å²) in [6.07, 6.45) is -5.88. The number of benzene rings is 1. The monoisotopic (exact) mass is 514 g/mol. The van der Waals surface area contributed by atoms with Crippen LogP contribution in [0.4, 0.5) is 0 Å². The van der Waals surface area contributed by atoms with Crippen molar-refractivity contribution in [2.24, 2.45) is 5.73 Å². The average molecular weight is 515 g/mol. The molecule has 1 saturated heterocycles. The van der Waals surface area contributed by atoms with Gasteiger partial charge < -0.3 is 25.3 Å². The highest BCUT2D eigenvalue weighted by molar-refractivity contribution is 7.81. The standard InChI is InChI=1S/C17H26N2O12S2/c1-11(20)19-14-16(31-33(24,25)26)15(28-9-12-5-3-2-4-6-12)13(10-29-32(21,22)23)30-17(14)27-8-7-18/h2-6,13-17H,7-10,18H2,1H3,(H,19,20)(H,21,22,23)(H,24,25,26)/t13-,14-,15-,16-,17+/m1/s1. The van der Waals surface area contributed by atoms with Gasteiger partial charge in [0, 0.05) is 13.5 Å². The molecule has 14 nitrogen and oxygen atoms in total. The third-order valence-corrected chi connectivity index (χ3v) is 5.21. The third kappa shape index (κ3) is 9.57. The first-order valence-corrected chi connectivity index (χ1v) is 12.3. The van der Waals surface area contributed by atoms with Gasteiger partial charge in [0.1, 0.15) is 24.4 Å². The molecule has 2 rings (SSSR count). The lowest BCUT2D eigenvalue weighted by molar-refractivity contribution is -0.273. The zero-order valence-corrected chi connectivity index (χ0v) is 19.1. The molecule has 1 aromatic carbocycles. The molecule has 0 spiro atoms. The molecule has 1 heterocycles. The second-order valence-electron chi connectivity index (χ2n) is 6.89. The largest absolute Gasteiger partial charge is 0.397 e. The normalized spacial score (nSPS) is 26.1. The fourth-order valence-corrected chi connectivity index (χ4v) is 3.94. The Labute approximate surface area is 191 Å². The molecule has 0 saturated carbocycles. The molecule has 1 aromatic rings. The molecule has 16 heteroatoms. The number of carbonyl (C=O) groups excluding carboxylic acids is 1. The molecule has 1 aliphatic rings. The van der Waals surface area contributed by atoms with E-state index in [-0.39, 0.29) is 19.8 Å². The van der Waals surface area contributed by atoms with Gasteiger partial charge in [0.05, 0.1) is 19.8 Å². The molecule has 1 aliphatic heterocycles. The van der Waals surface area contributed by atoms with E-state index < -0.39 is 64.0 Å². The molecular weight excluding hydrogens is 488 g/mol. The number of hydrogen-bond acceptors (Lipinski definition) is 11. The van der Waals surface area contributed by atoms with E-state index in [4.69, 9.17) is 28.7 Å². The van der Waals surface area contributed by atoms with Crippen molar-refractivity contribution < 1.29 is 53.3 Å². The predicted octanol–water partition coefficient (Wildman–Crippen LogP) is -1.22. The predicted molar refractivity (Wildman–Crippen MR) is 110 cm³/mol. The average Bonchev–Trinajstić information content (AvgIpc) is 2.70. The van der Waals surface area contributed by atoms with Crippen LogP contribution in [0.1, 0.15) is 12.5 Å². The summed E-state index contributed by atoms with van der Waals surface area (Å²) in [5.74, 6) is -0.622. The number of ether oxygens (including phenoxy) is 3. The van der Waals surface area contributed by atoms with E-state index >= 15 is 0 Å². The van der Waals surface area contributed by atoms with Gasteiger partial charge in [-0.1, -0.05) is 30.3 Å². The van der Waals surface area contributed by atoms with Crippen molar-refractivity contribution in [1.82, 2.24) is 5.32 Å². The molecule has 0 unspecified atom stereocenters. The summed E-state index contributed by atoms with van der Waals surface area (Å²) >= 11 is 0. The molecule has 0 aromatic heterocycles. The van der Waals surface area contributed by atoms with Crippen LogP contribution in [0.15, 0.2) is 30.3 Å². The van der Waals surface area contributed by atoms with Crippen LogP contribution < -0.4 is 11.1 Å². The van der Waals surface area contributed by atoms with Crippen molar-refractivity contribution >= 4 is 26.7 Å². The Morgan fingerprint density at radius 1 is 1.09 bits per heavy atom. The van der Waals surface area contributed by atoms with Gasteiger partial charge in [-0.3, -0.25) is 13.9 Å². The Morgan fingerprint density at radius 2 is 1.76 bits per heavy atom. The summed E-state index contributed by atoms with van der Waals surface area (Å²) in [5.41, 5.74) is 6.07. The van der Waals surface area contributed by atoms with E-state index in [1.807, 2.05) is 0 Å². The van der Waals surface area contributed by atoms with Crippen LogP contribution in [-0.4, -0.2) is 82.3 Å². The van der Waals surface area contributed by atoms with Crippen molar-refractivity contribution in [2.45, 2.75) is 44.2 Å². The number of rotatable bonds is 12.